The lowest BCUT2D eigenvalue weighted by molar-refractivity contribution is 0.0938. The van der Waals surface area contributed by atoms with Crippen LogP contribution in [-0.2, 0) is 0 Å². The Hall–Kier alpha value is -1.60. The first-order chi connectivity index (χ1) is 7.17. The summed E-state index contributed by atoms with van der Waals surface area (Å²) in [5.41, 5.74) is 0.711. The zero-order valence-electron chi connectivity index (χ0n) is 8.20. The van der Waals surface area contributed by atoms with E-state index in [2.05, 4.69) is 10.3 Å². The summed E-state index contributed by atoms with van der Waals surface area (Å²) >= 11 is 5.55. The van der Waals surface area contributed by atoms with E-state index in [0.29, 0.717) is 11.4 Å². The molecular weight excluding hydrogens is 214 g/mol. The van der Waals surface area contributed by atoms with Gasteiger partial charge in [0.2, 0.25) is 0 Å². The molecule has 0 aliphatic carbocycles. The van der Waals surface area contributed by atoms with Gasteiger partial charge in [-0.3, -0.25) is 4.79 Å². The number of pyridine rings is 1. The Labute approximate surface area is 92.9 Å². The van der Waals surface area contributed by atoms with Gasteiger partial charge in [0.1, 0.15) is 11.8 Å². The molecule has 78 valence electrons. The number of hydrogen-bond donors (Lipinski definition) is 1. The molecule has 0 bridgehead atoms. The summed E-state index contributed by atoms with van der Waals surface area (Å²) in [7, 11) is 0. The number of nitriles is 1. The number of amides is 1. The highest BCUT2D eigenvalue weighted by Crippen LogP contribution is 1.99. The van der Waals surface area contributed by atoms with Crippen LogP contribution in [0.4, 0.5) is 0 Å². The van der Waals surface area contributed by atoms with Crippen molar-refractivity contribution in [2.45, 2.75) is 13.0 Å². The Morgan fingerprint density at radius 1 is 1.73 bits per heavy atom. The molecule has 1 N–H and O–H groups in total. The first-order valence-corrected chi connectivity index (χ1v) is 4.93. The van der Waals surface area contributed by atoms with E-state index >= 15 is 0 Å². The standard InChI is InChI=1S/C10H10ClN3O/c1-7(4-11)14-10(15)9-3-2-8(5-12)6-13-9/h2-3,6-7H,4H2,1H3,(H,14,15). The predicted octanol–water partition coefficient (Wildman–Crippen LogP) is 1.31. The molecule has 0 saturated heterocycles. The minimum absolute atomic E-state index is 0.100. The zero-order chi connectivity index (χ0) is 11.3. The predicted molar refractivity (Wildman–Crippen MR) is 56.6 cm³/mol. The molecule has 1 aromatic rings. The second-order valence-corrected chi connectivity index (χ2v) is 3.38. The average molecular weight is 224 g/mol. The number of hydrogen-bond acceptors (Lipinski definition) is 3. The summed E-state index contributed by atoms with van der Waals surface area (Å²) in [5, 5.41) is 11.2. The number of carbonyl (C=O) groups is 1. The Morgan fingerprint density at radius 3 is 2.93 bits per heavy atom. The van der Waals surface area contributed by atoms with Crippen LogP contribution in [0.2, 0.25) is 0 Å². The van der Waals surface area contributed by atoms with Crippen molar-refractivity contribution in [2.24, 2.45) is 0 Å². The van der Waals surface area contributed by atoms with Crippen molar-refractivity contribution in [2.75, 3.05) is 5.88 Å². The van der Waals surface area contributed by atoms with Crippen LogP contribution in [0.15, 0.2) is 18.3 Å². The molecule has 0 aliphatic heterocycles. The van der Waals surface area contributed by atoms with Crippen molar-refractivity contribution in [3.63, 3.8) is 0 Å². The van der Waals surface area contributed by atoms with E-state index in [1.54, 1.807) is 13.0 Å². The lowest BCUT2D eigenvalue weighted by Crippen LogP contribution is -2.34. The minimum atomic E-state index is -0.285. The molecule has 4 nitrogen and oxygen atoms in total. The molecule has 0 radical (unpaired) electrons. The number of nitrogens with one attached hydrogen (secondary N) is 1. The number of alkyl halides is 1. The number of halogens is 1. The normalized spacial score (nSPS) is 11.5. The largest absolute Gasteiger partial charge is 0.347 e. The number of aromatic nitrogens is 1. The van der Waals surface area contributed by atoms with Crippen LogP contribution in [0.1, 0.15) is 23.0 Å². The van der Waals surface area contributed by atoms with Gasteiger partial charge in [-0.25, -0.2) is 4.98 Å². The molecule has 1 heterocycles. The first-order valence-electron chi connectivity index (χ1n) is 4.40. The molecule has 1 rings (SSSR count). The molecule has 0 aliphatic rings. The van der Waals surface area contributed by atoms with Crippen LogP contribution in [-0.4, -0.2) is 22.8 Å². The van der Waals surface area contributed by atoms with Gasteiger partial charge in [0, 0.05) is 18.1 Å². The van der Waals surface area contributed by atoms with Crippen LogP contribution in [0.3, 0.4) is 0 Å². The summed E-state index contributed by atoms with van der Waals surface area (Å²) in [6, 6.07) is 4.89. The highest BCUT2D eigenvalue weighted by Gasteiger charge is 2.09. The summed E-state index contributed by atoms with van der Waals surface area (Å²) in [6.45, 7) is 1.80. The monoisotopic (exact) mass is 223 g/mol. The molecule has 15 heavy (non-hydrogen) atoms. The number of nitrogens with zero attached hydrogens (tertiary/aromatic N) is 2. The van der Waals surface area contributed by atoms with Crippen LogP contribution in [0.25, 0.3) is 0 Å². The highest BCUT2D eigenvalue weighted by molar-refractivity contribution is 6.18. The summed E-state index contributed by atoms with van der Waals surface area (Å²) in [4.78, 5) is 15.4. The van der Waals surface area contributed by atoms with Crippen LogP contribution < -0.4 is 5.32 Å². The minimum Gasteiger partial charge on any atom is -0.347 e. The van der Waals surface area contributed by atoms with E-state index in [9.17, 15) is 4.79 Å². The molecule has 5 heteroatoms. The Bertz CT molecular complexity index is 383. The lowest BCUT2D eigenvalue weighted by atomic mass is 10.2. The van der Waals surface area contributed by atoms with Crippen LogP contribution in [0.5, 0.6) is 0 Å². The fourth-order valence-corrected chi connectivity index (χ4v) is 1.01. The smallest absolute Gasteiger partial charge is 0.270 e. The molecule has 1 atom stereocenters. The molecule has 1 amide bonds. The molecule has 1 aromatic heterocycles. The molecule has 0 spiro atoms. The third-order valence-corrected chi connectivity index (χ3v) is 2.20. The second-order valence-electron chi connectivity index (χ2n) is 3.07. The van der Waals surface area contributed by atoms with Gasteiger partial charge in [0.05, 0.1) is 5.56 Å². The van der Waals surface area contributed by atoms with Gasteiger partial charge < -0.3 is 5.32 Å². The highest BCUT2D eigenvalue weighted by atomic mass is 35.5. The SMILES string of the molecule is CC(CCl)NC(=O)c1ccc(C#N)cn1. The Balaban J connectivity index is 2.71. The van der Waals surface area contributed by atoms with E-state index in [1.165, 1.54) is 12.3 Å². The topological polar surface area (TPSA) is 65.8 Å². The van der Waals surface area contributed by atoms with Crippen molar-refractivity contribution in [1.82, 2.24) is 10.3 Å². The molecular formula is C10H10ClN3O. The van der Waals surface area contributed by atoms with Gasteiger partial charge in [-0.05, 0) is 19.1 Å². The third-order valence-electron chi connectivity index (χ3n) is 1.73. The fraction of sp³-hybridized carbons (Fsp3) is 0.300. The van der Waals surface area contributed by atoms with Gasteiger partial charge in [-0.2, -0.15) is 5.26 Å². The average Bonchev–Trinajstić information content (AvgIpc) is 2.29. The third kappa shape index (κ3) is 3.22. The zero-order valence-corrected chi connectivity index (χ0v) is 8.95. The maximum absolute atomic E-state index is 11.5. The molecule has 0 aromatic carbocycles. The maximum Gasteiger partial charge on any atom is 0.270 e. The summed E-state index contributed by atoms with van der Waals surface area (Å²) in [5.74, 6) is 0.0646. The van der Waals surface area contributed by atoms with E-state index in [0.717, 1.165) is 0 Å². The van der Waals surface area contributed by atoms with Crippen LogP contribution >= 0.6 is 11.6 Å². The van der Waals surface area contributed by atoms with Crippen molar-refractivity contribution < 1.29 is 4.79 Å². The van der Waals surface area contributed by atoms with Gasteiger partial charge in [-0.1, -0.05) is 0 Å². The maximum atomic E-state index is 11.5. The van der Waals surface area contributed by atoms with Crippen molar-refractivity contribution in [3.05, 3.63) is 29.6 Å². The molecule has 0 saturated carbocycles. The summed E-state index contributed by atoms with van der Waals surface area (Å²) < 4.78 is 0. The van der Waals surface area contributed by atoms with Gasteiger partial charge in [0.15, 0.2) is 0 Å². The summed E-state index contributed by atoms with van der Waals surface area (Å²) in [6.07, 6.45) is 1.36. The van der Waals surface area contributed by atoms with E-state index < -0.39 is 0 Å². The van der Waals surface area contributed by atoms with Crippen molar-refractivity contribution in [3.8, 4) is 6.07 Å². The van der Waals surface area contributed by atoms with Gasteiger partial charge >= 0.3 is 0 Å². The van der Waals surface area contributed by atoms with Gasteiger partial charge in [-0.15, -0.1) is 11.6 Å². The molecule has 0 fully saturated rings. The van der Waals surface area contributed by atoms with E-state index in [4.69, 9.17) is 16.9 Å². The number of carbonyl (C=O) groups excluding carboxylic acids is 1. The van der Waals surface area contributed by atoms with Crippen molar-refractivity contribution in [1.29, 1.82) is 5.26 Å². The second kappa shape index (κ2) is 5.32. The van der Waals surface area contributed by atoms with E-state index in [-0.39, 0.29) is 17.6 Å². The van der Waals surface area contributed by atoms with Gasteiger partial charge in [0.25, 0.3) is 5.91 Å². The molecule has 1 unspecified atom stereocenters. The van der Waals surface area contributed by atoms with Crippen LogP contribution in [0, 0.1) is 11.3 Å². The fourth-order valence-electron chi connectivity index (χ4n) is 0.931. The van der Waals surface area contributed by atoms with Crippen molar-refractivity contribution >= 4 is 17.5 Å². The Morgan fingerprint density at radius 2 is 2.47 bits per heavy atom. The lowest BCUT2D eigenvalue weighted by Gasteiger charge is -2.09. The quantitative estimate of drug-likeness (QED) is 0.786. The van der Waals surface area contributed by atoms with E-state index in [1.807, 2.05) is 6.07 Å². The number of rotatable bonds is 3. The Kier molecular flexibility index (Phi) is 4.07. The first kappa shape index (κ1) is 11.5.